The van der Waals surface area contributed by atoms with Crippen molar-refractivity contribution in [2.24, 2.45) is 0 Å². The Hall–Kier alpha value is -4.61. The number of alkyl halides is 3. The molecule has 0 saturated heterocycles. The van der Waals surface area contributed by atoms with Gasteiger partial charge >= 0.3 is 12.2 Å². The van der Waals surface area contributed by atoms with Crippen LogP contribution < -0.4 is 16.0 Å². The molecule has 3 N–H and O–H groups in total. The highest BCUT2D eigenvalue weighted by Gasteiger charge is 2.42. The maximum Gasteiger partial charge on any atom is 0.452 e. The molecule has 9 nitrogen and oxygen atoms in total. The molecule has 0 unspecified atom stereocenters. The molecule has 2 heterocycles. The molecule has 4 rings (SSSR count). The van der Waals surface area contributed by atoms with E-state index < -0.39 is 29.6 Å². The number of nitrogens with one attached hydrogen (secondary N) is 3. The van der Waals surface area contributed by atoms with Crippen molar-refractivity contribution in [3.05, 3.63) is 77.9 Å². The molecule has 0 atom stereocenters. The van der Waals surface area contributed by atoms with E-state index in [9.17, 15) is 22.8 Å². The van der Waals surface area contributed by atoms with Crippen LogP contribution in [-0.2, 0) is 11.6 Å². The summed E-state index contributed by atoms with van der Waals surface area (Å²) in [7, 11) is 0. The normalized spacial score (nSPS) is 11.7. The summed E-state index contributed by atoms with van der Waals surface area (Å²) in [5.41, 5.74) is -0.339. The number of benzene rings is 2. The average Bonchev–Trinajstić information content (AvgIpc) is 3.48. The topological polar surface area (TPSA) is 122 Å². The smallest absolute Gasteiger partial charge is 0.431 e. The standard InChI is InChI=1S/C25H22F3N5O4/c1-24(2,3)17-13-18(33-37-17)31-23(35)30-16-11-9-15(10-12-16)29-21(34)19-20(25(26,27)28)36-22(32-19)14-7-5-4-6-8-14/h4-13H,1-3H3,(H,29,34)(H2,30,31,33,35). The van der Waals surface area contributed by atoms with Crippen LogP contribution in [0, 0.1) is 0 Å². The van der Waals surface area contributed by atoms with Gasteiger partial charge in [0.25, 0.3) is 5.91 Å². The molecule has 0 bridgehead atoms. The Kier molecular flexibility index (Phi) is 6.75. The van der Waals surface area contributed by atoms with Crippen LogP contribution >= 0.6 is 0 Å². The number of aromatic nitrogens is 2. The second-order valence-electron chi connectivity index (χ2n) is 9.00. The Morgan fingerprint density at radius 1 is 0.865 bits per heavy atom. The summed E-state index contributed by atoms with van der Waals surface area (Å²) in [4.78, 5) is 28.7. The first-order valence-corrected chi connectivity index (χ1v) is 11.0. The molecular weight excluding hydrogens is 491 g/mol. The van der Waals surface area contributed by atoms with Crippen molar-refractivity contribution in [3.63, 3.8) is 0 Å². The molecule has 0 fully saturated rings. The van der Waals surface area contributed by atoms with Gasteiger partial charge in [0.2, 0.25) is 11.7 Å². The molecule has 0 saturated carbocycles. The summed E-state index contributed by atoms with van der Waals surface area (Å²) in [5.74, 6) is -2.10. The molecule has 0 aliphatic carbocycles. The number of anilines is 3. The summed E-state index contributed by atoms with van der Waals surface area (Å²) in [6.45, 7) is 5.81. The number of urea groups is 1. The van der Waals surface area contributed by atoms with E-state index in [4.69, 9.17) is 8.94 Å². The van der Waals surface area contributed by atoms with Gasteiger partial charge in [-0.15, -0.1) is 0 Å². The highest BCUT2D eigenvalue weighted by atomic mass is 19.4. The molecule has 2 aromatic heterocycles. The van der Waals surface area contributed by atoms with E-state index in [0.717, 1.165) is 0 Å². The van der Waals surface area contributed by atoms with Crippen LogP contribution in [0.25, 0.3) is 11.5 Å². The zero-order valence-corrected chi connectivity index (χ0v) is 19.9. The van der Waals surface area contributed by atoms with E-state index in [1.807, 2.05) is 20.8 Å². The van der Waals surface area contributed by atoms with Gasteiger partial charge in [0.15, 0.2) is 11.5 Å². The number of carbonyl (C=O) groups excluding carboxylic acids is 2. The summed E-state index contributed by atoms with van der Waals surface area (Å²) >= 11 is 0. The van der Waals surface area contributed by atoms with Crippen molar-refractivity contribution in [1.29, 1.82) is 0 Å². The zero-order chi connectivity index (χ0) is 26.8. The summed E-state index contributed by atoms with van der Waals surface area (Å²) < 4.78 is 50.6. The Morgan fingerprint density at radius 3 is 2.05 bits per heavy atom. The summed E-state index contributed by atoms with van der Waals surface area (Å²) in [5, 5.41) is 11.3. The van der Waals surface area contributed by atoms with Gasteiger partial charge in [-0.05, 0) is 36.4 Å². The number of rotatable bonds is 5. The third kappa shape index (κ3) is 6.15. The number of amides is 3. The van der Waals surface area contributed by atoms with Gasteiger partial charge in [-0.1, -0.05) is 44.1 Å². The van der Waals surface area contributed by atoms with Crippen molar-refractivity contribution in [1.82, 2.24) is 10.1 Å². The van der Waals surface area contributed by atoms with Crippen LogP contribution in [0.4, 0.5) is 35.2 Å². The van der Waals surface area contributed by atoms with E-state index in [-0.39, 0.29) is 22.8 Å². The number of carbonyl (C=O) groups is 2. The second kappa shape index (κ2) is 9.80. The van der Waals surface area contributed by atoms with Crippen molar-refractivity contribution in [3.8, 4) is 11.5 Å². The maximum atomic E-state index is 13.5. The molecule has 0 aliphatic rings. The molecule has 37 heavy (non-hydrogen) atoms. The highest BCUT2D eigenvalue weighted by Crippen LogP contribution is 2.35. The lowest BCUT2D eigenvalue weighted by atomic mass is 9.93. The first-order chi connectivity index (χ1) is 17.4. The molecule has 192 valence electrons. The Bertz CT molecular complexity index is 1400. The van der Waals surface area contributed by atoms with Crippen LogP contribution in [0.2, 0.25) is 0 Å². The number of hydrogen-bond acceptors (Lipinski definition) is 6. The monoisotopic (exact) mass is 513 g/mol. The Balaban J connectivity index is 1.43. The van der Waals surface area contributed by atoms with E-state index >= 15 is 0 Å². The number of nitrogens with zero attached hydrogens (tertiary/aromatic N) is 2. The Morgan fingerprint density at radius 2 is 1.49 bits per heavy atom. The molecule has 3 amide bonds. The summed E-state index contributed by atoms with van der Waals surface area (Å²) in [6, 6.07) is 14.7. The first kappa shape index (κ1) is 25.5. The van der Waals surface area contributed by atoms with Crippen LogP contribution in [0.3, 0.4) is 0 Å². The molecular formula is C25H22F3N5O4. The summed E-state index contributed by atoms with van der Waals surface area (Å²) in [6.07, 6.45) is -4.93. The largest absolute Gasteiger partial charge is 0.452 e. The van der Waals surface area contributed by atoms with Gasteiger partial charge in [-0.3, -0.25) is 10.1 Å². The van der Waals surface area contributed by atoms with Crippen LogP contribution in [0.1, 0.15) is 42.8 Å². The van der Waals surface area contributed by atoms with Gasteiger partial charge < -0.3 is 19.6 Å². The zero-order valence-electron chi connectivity index (χ0n) is 19.9. The fourth-order valence-corrected chi connectivity index (χ4v) is 3.16. The van der Waals surface area contributed by atoms with Gasteiger partial charge in [0.05, 0.1) is 0 Å². The second-order valence-corrected chi connectivity index (χ2v) is 9.00. The van der Waals surface area contributed by atoms with Gasteiger partial charge in [-0.2, -0.15) is 13.2 Å². The highest BCUT2D eigenvalue weighted by molar-refractivity contribution is 6.04. The molecule has 2 aromatic carbocycles. The Labute approximate surface area is 209 Å². The van der Waals surface area contributed by atoms with Gasteiger partial charge in [0.1, 0.15) is 5.76 Å². The van der Waals surface area contributed by atoms with Crippen LogP contribution in [0.5, 0.6) is 0 Å². The predicted molar refractivity (Wildman–Crippen MR) is 129 cm³/mol. The molecule has 4 aromatic rings. The molecule has 0 radical (unpaired) electrons. The van der Waals surface area contributed by atoms with Gasteiger partial charge in [-0.25, -0.2) is 9.78 Å². The number of halogens is 3. The van der Waals surface area contributed by atoms with Crippen LogP contribution in [-0.4, -0.2) is 22.1 Å². The minimum atomic E-state index is -4.93. The van der Waals surface area contributed by atoms with Crippen molar-refractivity contribution < 1.29 is 31.7 Å². The third-order valence-electron chi connectivity index (χ3n) is 5.01. The predicted octanol–water partition coefficient (Wildman–Crippen LogP) is 6.54. The maximum absolute atomic E-state index is 13.5. The number of oxazole rings is 1. The van der Waals surface area contributed by atoms with E-state index in [2.05, 4.69) is 26.1 Å². The minimum Gasteiger partial charge on any atom is -0.431 e. The van der Waals surface area contributed by atoms with Crippen LogP contribution in [0.15, 0.2) is 69.6 Å². The van der Waals surface area contributed by atoms with E-state index in [0.29, 0.717) is 17.0 Å². The quantitative estimate of drug-likeness (QED) is 0.278. The lowest BCUT2D eigenvalue weighted by Crippen LogP contribution is -2.20. The minimum absolute atomic E-state index is 0.180. The molecule has 12 heteroatoms. The lowest BCUT2D eigenvalue weighted by molar-refractivity contribution is -0.153. The first-order valence-electron chi connectivity index (χ1n) is 11.0. The van der Waals surface area contributed by atoms with Crippen molar-refractivity contribution in [2.75, 3.05) is 16.0 Å². The molecule has 0 aliphatic heterocycles. The molecule has 0 spiro atoms. The fourth-order valence-electron chi connectivity index (χ4n) is 3.16. The fraction of sp³-hybridized carbons (Fsp3) is 0.200. The average molecular weight is 513 g/mol. The lowest BCUT2D eigenvalue weighted by Gasteiger charge is -2.12. The van der Waals surface area contributed by atoms with Gasteiger partial charge in [0, 0.05) is 28.4 Å². The third-order valence-corrected chi connectivity index (χ3v) is 5.01. The van der Waals surface area contributed by atoms with Crippen molar-refractivity contribution >= 4 is 29.1 Å². The number of hydrogen-bond donors (Lipinski definition) is 3. The SMILES string of the molecule is CC(C)(C)c1cc(NC(=O)Nc2ccc(NC(=O)c3nc(-c4ccccc4)oc3C(F)(F)F)cc2)no1. The van der Waals surface area contributed by atoms with E-state index in [1.54, 1.807) is 24.3 Å². The van der Waals surface area contributed by atoms with E-state index in [1.165, 1.54) is 36.4 Å². The van der Waals surface area contributed by atoms with Crippen molar-refractivity contribution in [2.45, 2.75) is 32.4 Å².